The topological polar surface area (TPSA) is 75.7 Å². The van der Waals surface area contributed by atoms with Crippen molar-refractivity contribution in [3.63, 3.8) is 0 Å². The lowest BCUT2D eigenvalue weighted by molar-refractivity contribution is -0.126. The van der Waals surface area contributed by atoms with Crippen LogP contribution >= 0.6 is 11.6 Å². The van der Waals surface area contributed by atoms with E-state index in [4.69, 9.17) is 16.3 Å². The Kier molecular flexibility index (Phi) is 5.99. The number of piperidine rings is 1. The number of halogens is 1. The van der Waals surface area contributed by atoms with Gasteiger partial charge in [0.05, 0.1) is 16.9 Å². The molecule has 2 heterocycles. The molecule has 0 radical (unpaired) electrons. The van der Waals surface area contributed by atoms with Crippen molar-refractivity contribution in [2.75, 3.05) is 26.2 Å². The predicted octanol–water partition coefficient (Wildman–Crippen LogP) is 2.04. The Labute approximate surface area is 153 Å². The van der Waals surface area contributed by atoms with Crippen molar-refractivity contribution in [2.45, 2.75) is 36.7 Å². The van der Waals surface area contributed by atoms with E-state index in [1.165, 1.54) is 16.4 Å². The zero-order valence-corrected chi connectivity index (χ0v) is 15.6. The lowest BCUT2D eigenvalue weighted by atomic mass is 9.99. The maximum absolute atomic E-state index is 12.8. The van der Waals surface area contributed by atoms with Gasteiger partial charge in [0, 0.05) is 31.3 Å². The SMILES string of the molecule is O=C(NC[C@@H]1CCCO1)[C@@H]1CCCN(S(=O)(=O)c2ccc(Cl)cc2)C1. The lowest BCUT2D eigenvalue weighted by Gasteiger charge is -2.31. The molecule has 1 amide bonds. The molecule has 1 N–H and O–H groups in total. The number of nitrogens with one attached hydrogen (secondary N) is 1. The molecule has 138 valence electrons. The normalized spacial score (nSPS) is 25.0. The van der Waals surface area contributed by atoms with Crippen LogP contribution in [-0.2, 0) is 19.6 Å². The number of sulfonamides is 1. The molecule has 0 spiro atoms. The zero-order valence-electron chi connectivity index (χ0n) is 14.0. The third-order valence-electron chi connectivity index (χ3n) is 4.73. The first-order chi connectivity index (χ1) is 12.0. The summed E-state index contributed by atoms with van der Waals surface area (Å²) in [6.07, 6.45) is 3.44. The molecule has 6 nitrogen and oxygen atoms in total. The van der Waals surface area contributed by atoms with Crippen molar-refractivity contribution in [3.8, 4) is 0 Å². The van der Waals surface area contributed by atoms with Crippen LogP contribution in [0, 0.1) is 5.92 Å². The van der Waals surface area contributed by atoms with Crippen LogP contribution in [0.5, 0.6) is 0 Å². The third-order valence-corrected chi connectivity index (χ3v) is 6.87. The van der Waals surface area contributed by atoms with Crippen LogP contribution in [0.15, 0.2) is 29.2 Å². The summed E-state index contributed by atoms with van der Waals surface area (Å²) in [6.45, 7) is 1.89. The Bertz CT molecular complexity index is 702. The number of amides is 1. The molecule has 1 aromatic carbocycles. The first-order valence-electron chi connectivity index (χ1n) is 8.62. The van der Waals surface area contributed by atoms with E-state index in [1.807, 2.05) is 0 Å². The van der Waals surface area contributed by atoms with E-state index in [1.54, 1.807) is 12.1 Å². The highest BCUT2D eigenvalue weighted by Gasteiger charge is 2.33. The van der Waals surface area contributed by atoms with Crippen molar-refractivity contribution >= 4 is 27.5 Å². The van der Waals surface area contributed by atoms with Crippen molar-refractivity contribution in [3.05, 3.63) is 29.3 Å². The van der Waals surface area contributed by atoms with Gasteiger partial charge in [-0.1, -0.05) is 11.6 Å². The molecule has 2 atom stereocenters. The molecule has 0 unspecified atom stereocenters. The average Bonchev–Trinajstić information content (AvgIpc) is 3.14. The van der Waals surface area contributed by atoms with Crippen LogP contribution in [0.3, 0.4) is 0 Å². The molecular formula is C17H23ClN2O4S. The van der Waals surface area contributed by atoms with Gasteiger partial charge < -0.3 is 10.1 Å². The summed E-state index contributed by atoms with van der Waals surface area (Å²) < 4.78 is 32.4. The second-order valence-electron chi connectivity index (χ2n) is 6.54. The third kappa shape index (κ3) is 4.53. The van der Waals surface area contributed by atoms with Gasteiger partial charge in [-0.25, -0.2) is 8.42 Å². The quantitative estimate of drug-likeness (QED) is 0.840. The first kappa shape index (κ1) is 18.6. The summed E-state index contributed by atoms with van der Waals surface area (Å²) in [4.78, 5) is 12.6. The van der Waals surface area contributed by atoms with Gasteiger partial charge >= 0.3 is 0 Å². The Morgan fingerprint density at radius 1 is 1.24 bits per heavy atom. The van der Waals surface area contributed by atoms with E-state index in [2.05, 4.69) is 5.32 Å². The van der Waals surface area contributed by atoms with Crippen molar-refractivity contribution in [1.82, 2.24) is 9.62 Å². The number of carbonyl (C=O) groups is 1. The fourth-order valence-electron chi connectivity index (χ4n) is 3.29. The van der Waals surface area contributed by atoms with Crippen molar-refractivity contribution < 1.29 is 17.9 Å². The number of rotatable bonds is 5. The molecule has 2 aliphatic heterocycles. The van der Waals surface area contributed by atoms with Crippen molar-refractivity contribution in [1.29, 1.82) is 0 Å². The summed E-state index contributed by atoms with van der Waals surface area (Å²) in [7, 11) is -3.61. The summed E-state index contributed by atoms with van der Waals surface area (Å²) >= 11 is 5.83. The molecule has 2 saturated heterocycles. The van der Waals surface area contributed by atoms with E-state index in [0.29, 0.717) is 31.0 Å². The largest absolute Gasteiger partial charge is 0.376 e. The molecule has 1 aromatic rings. The molecule has 2 aliphatic rings. The molecule has 0 saturated carbocycles. The predicted molar refractivity (Wildman–Crippen MR) is 94.9 cm³/mol. The van der Waals surface area contributed by atoms with Gasteiger partial charge in [-0.15, -0.1) is 0 Å². The number of hydrogen-bond acceptors (Lipinski definition) is 4. The van der Waals surface area contributed by atoms with Gasteiger partial charge in [-0.2, -0.15) is 4.31 Å². The minimum Gasteiger partial charge on any atom is -0.376 e. The van der Waals surface area contributed by atoms with Crippen LogP contribution in [0.4, 0.5) is 0 Å². The molecule has 25 heavy (non-hydrogen) atoms. The summed E-state index contributed by atoms with van der Waals surface area (Å²) in [5.74, 6) is -0.413. The number of benzene rings is 1. The fraction of sp³-hybridized carbons (Fsp3) is 0.588. The van der Waals surface area contributed by atoms with Crippen LogP contribution in [0.2, 0.25) is 5.02 Å². The van der Waals surface area contributed by atoms with Crippen molar-refractivity contribution in [2.24, 2.45) is 5.92 Å². The minimum absolute atomic E-state index is 0.0847. The van der Waals surface area contributed by atoms with Gasteiger partial charge in [0.15, 0.2) is 0 Å². The highest BCUT2D eigenvalue weighted by atomic mass is 35.5. The van der Waals surface area contributed by atoms with Gasteiger partial charge in [0.25, 0.3) is 0 Å². The molecule has 2 fully saturated rings. The highest BCUT2D eigenvalue weighted by Crippen LogP contribution is 2.25. The zero-order chi connectivity index (χ0) is 17.9. The van der Waals surface area contributed by atoms with E-state index in [9.17, 15) is 13.2 Å². The summed E-state index contributed by atoms with van der Waals surface area (Å²) in [5.41, 5.74) is 0. The number of carbonyl (C=O) groups excluding carboxylic acids is 1. The molecule has 0 aromatic heterocycles. The van der Waals surface area contributed by atoms with E-state index < -0.39 is 10.0 Å². The smallest absolute Gasteiger partial charge is 0.243 e. The molecule has 3 rings (SSSR count). The number of hydrogen-bond donors (Lipinski definition) is 1. The minimum atomic E-state index is -3.61. The van der Waals surface area contributed by atoms with Gasteiger partial charge in [0.2, 0.25) is 15.9 Å². The van der Waals surface area contributed by atoms with Gasteiger partial charge in [-0.3, -0.25) is 4.79 Å². The van der Waals surface area contributed by atoms with Gasteiger partial charge in [-0.05, 0) is 49.9 Å². The van der Waals surface area contributed by atoms with E-state index in [-0.39, 0.29) is 29.4 Å². The van der Waals surface area contributed by atoms with E-state index in [0.717, 1.165) is 19.4 Å². The standard InChI is InChI=1S/C17H23ClN2O4S/c18-14-5-7-16(8-6-14)25(22,23)20-9-1-3-13(12-20)17(21)19-11-15-4-2-10-24-15/h5-8,13,15H,1-4,9-12H2,(H,19,21)/t13-,15+/m1/s1. The van der Waals surface area contributed by atoms with Gasteiger partial charge in [0.1, 0.15) is 0 Å². The van der Waals surface area contributed by atoms with E-state index >= 15 is 0 Å². The van der Waals surface area contributed by atoms with Crippen LogP contribution in [0.1, 0.15) is 25.7 Å². The number of nitrogens with zero attached hydrogens (tertiary/aromatic N) is 1. The summed E-state index contributed by atoms with van der Waals surface area (Å²) in [6, 6.07) is 6.12. The molecule has 0 bridgehead atoms. The maximum atomic E-state index is 12.8. The Balaban J connectivity index is 1.61. The molecule has 8 heteroatoms. The Morgan fingerprint density at radius 3 is 2.68 bits per heavy atom. The van der Waals surface area contributed by atoms with Crippen LogP contribution < -0.4 is 5.32 Å². The number of ether oxygens (including phenoxy) is 1. The fourth-order valence-corrected chi connectivity index (χ4v) is 4.94. The second-order valence-corrected chi connectivity index (χ2v) is 8.91. The highest BCUT2D eigenvalue weighted by molar-refractivity contribution is 7.89. The summed E-state index contributed by atoms with van der Waals surface area (Å²) in [5, 5.41) is 3.40. The Morgan fingerprint density at radius 2 is 2.00 bits per heavy atom. The van der Waals surface area contributed by atoms with Crippen LogP contribution in [-0.4, -0.2) is 51.0 Å². The lowest BCUT2D eigenvalue weighted by Crippen LogP contribution is -2.46. The monoisotopic (exact) mass is 386 g/mol. The average molecular weight is 387 g/mol. The van der Waals surface area contributed by atoms with Crippen LogP contribution in [0.25, 0.3) is 0 Å². The Hall–Kier alpha value is -1.15. The second kappa shape index (κ2) is 8.03. The first-order valence-corrected chi connectivity index (χ1v) is 10.4. The maximum Gasteiger partial charge on any atom is 0.243 e. The molecular weight excluding hydrogens is 364 g/mol. The molecule has 0 aliphatic carbocycles.